The van der Waals surface area contributed by atoms with Crippen molar-refractivity contribution in [3.8, 4) is 11.5 Å². The van der Waals surface area contributed by atoms with Gasteiger partial charge < -0.3 is 9.73 Å². The molecule has 0 spiro atoms. The largest absolute Gasteiger partial charge is 0.411 e. The maximum absolute atomic E-state index is 12.3. The number of aryl methyl sites for hydroxylation is 1. The number of hydrogen-bond donors (Lipinski definition) is 1. The molecule has 1 atom stereocenters. The Balaban J connectivity index is 1.48. The molecule has 0 saturated heterocycles. The number of carbonyl (C=O) groups is 1. The normalized spacial score (nSPS) is 15.4. The molecule has 1 N–H and O–H groups in total. The maximum atomic E-state index is 12.3. The second-order valence-corrected chi connectivity index (χ2v) is 7.94. The molecule has 0 bridgehead atoms. The lowest BCUT2D eigenvalue weighted by Crippen LogP contribution is -2.31. The van der Waals surface area contributed by atoms with E-state index in [1.165, 1.54) is 48.6 Å². The van der Waals surface area contributed by atoms with Crippen molar-refractivity contribution in [1.29, 1.82) is 0 Å². The third kappa shape index (κ3) is 5.21. The molecule has 0 radical (unpaired) electrons. The standard InChI is InChI=1S/C20H25N3O2S/c1-14-8-10-17(11-9-14)19-22-23-20(25-19)26-15(2)18(24)21-13-12-16-6-4-3-5-7-16/h6,8-11,15H,3-5,7,12-13H2,1-2H3,(H,21,24). The van der Waals surface area contributed by atoms with Crippen LogP contribution in [0.4, 0.5) is 0 Å². The Morgan fingerprint density at radius 1 is 1.27 bits per heavy atom. The summed E-state index contributed by atoms with van der Waals surface area (Å²) >= 11 is 1.29. The lowest BCUT2D eigenvalue weighted by atomic mass is 9.97. The van der Waals surface area contributed by atoms with Crippen LogP contribution in [0.5, 0.6) is 0 Å². The van der Waals surface area contributed by atoms with E-state index in [1.54, 1.807) is 0 Å². The van der Waals surface area contributed by atoms with Crippen molar-refractivity contribution in [2.24, 2.45) is 0 Å². The van der Waals surface area contributed by atoms with Crippen molar-refractivity contribution in [3.05, 3.63) is 41.5 Å². The molecule has 1 aromatic carbocycles. The zero-order chi connectivity index (χ0) is 18.4. The number of benzene rings is 1. The third-order valence-corrected chi connectivity index (χ3v) is 5.42. The van der Waals surface area contributed by atoms with Crippen molar-refractivity contribution >= 4 is 17.7 Å². The monoisotopic (exact) mass is 371 g/mol. The minimum atomic E-state index is -0.276. The number of rotatable bonds is 7. The van der Waals surface area contributed by atoms with E-state index in [2.05, 4.69) is 21.6 Å². The van der Waals surface area contributed by atoms with Crippen LogP contribution in [0.3, 0.4) is 0 Å². The van der Waals surface area contributed by atoms with E-state index in [4.69, 9.17) is 4.42 Å². The van der Waals surface area contributed by atoms with Gasteiger partial charge in [-0.1, -0.05) is 41.1 Å². The molecule has 3 rings (SSSR count). The number of amides is 1. The summed E-state index contributed by atoms with van der Waals surface area (Å²) in [5, 5.41) is 11.3. The van der Waals surface area contributed by atoms with Gasteiger partial charge in [-0.2, -0.15) is 0 Å². The van der Waals surface area contributed by atoms with Gasteiger partial charge in [-0.3, -0.25) is 4.79 Å². The van der Waals surface area contributed by atoms with Crippen LogP contribution in [0.2, 0.25) is 0 Å². The highest BCUT2D eigenvalue weighted by Crippen LogP contribution is 2.26. The summed E-state index contributed by atoms with van der Waals surface area (Å²) in [6.45, 7) is 4.58. The minimum Gasteiger partial charge on any atom is -0.411 e. The first kappa shape index (κ1) is 18.7. The summed E-state index contributed by atoms with van der Waals surface area (Å²) in [5.74, 6) is 0.478. The average molecular weight is 372 g/mol. The first-order valence-electron chi connectivity index (χ1n) is 9.14. The van der Waals surface area contributed by atoms with E-state index in [1.807, 2.05) is 38.1 Å². The third-order valence-electron chi connectivity index (χ3n) is 4.48. The molecule has 5 nitrogen and oxygen atoms in total. The van der Waals surface area contributed by atoms with Gasteiger partial charge in [0.1, 0.15) is 0 Å². The fourth-order valence-electron chi connectivity index (χ4n) is 2.90. The van der Waals surface area contributed by atoms with Gasteiger partial charge >= 0.3 is 0 Å². The van der Waals surface area contributed by atoms with Crippen molar-refractivity contribution < 1.29 is 9.21 Å². The lowest BCUT2D eigenvalue weighted by Gasteiger charge is -2.14. The summed E-state index contributed by atoms with van der Waals surface area (Å²) < 4.78 is 5.68. The first-order valence-corrected chi connectivity index (χ1v) is 10.0. The molecule has 0 saturated carbocycles. The zero-order valence-electron chi connectivity index (χ0n) is 15.3. The number of carbonyl (C=O) groups excluding carboxylic acids is 1. The van der Waals surface area contributed by atoms with Crippen LogP contribution >= 0.6 is 11.8 Å². The molecule has 1 aliphatic carbocycles. The molecule has 138 valence electrons. The van der Waals surface area contributed by atoms with Crippen LogP contribution in [0.15, 0.2) is 45.6 Å². The molecule has 1 aliphatic rings. The van der Waals surface area contributed by atoms with E-state index in [0.717, 1.165) is 12.0 Å². The van der Waals surface area contributed by atoms with Gasteiger partial charge in [0.25, 0.3) is 5.22 Å². The molecule has 6 heteroatoms. The van der Waals surface area contributed by atoms with E-state index in [-0.39, 0.29) is 11.2 Å². The molecule has 26 heavy (non-hydrogen) atoms. The Morgan fingerprint density at radius 3 is 2.81 bits per heavy atom. The van der Waals surface area contributed by atoms with Gasteiger partial charge in [0.05, 0.1) is 5.25 Å². The summed E-state index contributed by atoms with van der Waals surface area (Å²) in [4.78, 5) is 12.3. The summed E-state index contributed by atoms with van der Waals surface area (Å²) in [5.41, 5.74) is 3.53. The molecule has 1 heterocycles. The van der Waals surface area contributed by atoms with Crippen LogP contribution in [0.1, 0.15) is 44.6 Å². The van der Waals surface area contributed by atoms with Crippen molar-refractivity contribution in [2.75, 3.05) is 6.54 Å². The fourth-order valence-corrected chi connectivity index (χ4v) is 3.60. The quantitative estimate of drug-likeness (QED) is 0.572. The number of aromatic nitrogens is 2. The van der Waals surface area contributed by atoms with Crippen molar-refractivity contribution in [2.45, 2.75) is 56.4 Å². The maximum Gasteiger partial charge on any atom is 0.277 e. The van der Waals surface area contributed by atoms with E-state index >= 15 is 0 Å². The van der Waals surface area contributed by atoms with Gasteiger partial charge in [0, 0.05) is 12.1 Å². The van der Waals surface area contributed by atoms with Crippen LogP contribution in [0.25, 0.3) is 11.5 Å². The Labute approximate surface area is 158 Å². The van der Waals surface area contributed by atoms with E-state index in [9.17, 15) is 4.79 Å². The van der Waals surface area contributed by atoms with Gasteiger partial charge in [0.2, 0.25) is 11.8 Å². The highest BCUT2D eigenvalue weighted by molar-refractivity contribution is 8.00. The van der Waals surface area contributed by atoms with Gasteiger partial charge in [0.15, 0.2) is 0 Å². The van der Waals surface area contributed by atoms with Gasteiger partial charge in [-0.15, -0.1) is 10.2 Å². The molecule has 1 amide bonds. The lowest BCUT2D eigenvalue weighted by molar-refractivity contribution is -0.120. The zero-order valence-corrected chi connectivity index (χ0v) is 16.1. The topological polar surface area (TPSA) is 68.0 Å². The van der Waals surface area contributed by atoms with E-state index < -0.39 is 0 Å². The second kappa shape index (κ2) is 9.03. The Morgan fingerprint density at radius 2 is 2.08 bits per heavy atom. The summed E-state index contributed by atoms with van der Waals surface area (Å²) in [6, 6.07) is 7.91. The Kier molecular flexibility index (Phi) is 6.50. The smallest absolute Gasteiger partial charge is 0.277 e. The second-order valence-electron chi connectivity index (χ2n) is 6.65. The molecular formula is C20H25N3O2S. The molecular weight excluding hydrogens is 346 g/mol. The molecule has 0 aliphatic heterocycles. The highest BCUT2D eigenvalue weighted by Gasteiger charge is 2.18. The fraction of sp³-hybridized carbons (Fsp3) is 0.450. The number of nitrogens with one attached hydrogen (secondary N) is 1. The number of thioether (sulfide) groups is 1. The van der Waals surface area contributed by atoms with Gasteiger partial charge in [-0.05, 0) is 58.1 Å². The van der Waals surface area contributed by atoms with Crippen LogP contribution in [-0.4, -0.2) is 27.9 Å². The molecule has 1 unspecified atom stereocenters. The van der Waals surface area contributed by atoms with E-state index in [0.29, 0.717) is 17.7 Å². The van der Waals surface area contributed by atoms with Gasteiger partial charge in [-0.25, -0.2) is 0 Å². The highest BCUT2D eigenvalue weighted by atomic mass is 32.2. The summed E-state index contributed by atoms with van der Waals surface area (Å²) in [6.07, 6.45) is 8.17. The summed E-state index contributed by atoms with van der Waals surface area (Å²) in [7, 11) is 0. The number of hydrogen-bond acceptors (Lipinski definition) is 5. The Bertz CT molecular complexity index is 768. The van der Waals surface area contributed by atoms with Crippen LogP contribution < -0.4 is 5.32 Å². The van der Waals surface area contributed by atoms with Crippen LogP contribution in [-0.2, 0) is 4.79 Å². The number of nitrogens with zero attached hydrogens (tertiary/aromatic N) is 2. The van der Waals surface area contributed by atoms with Crippen molar-refractivity contribution in [3.63, 3.8) is 0 Å². The molecule has 2 aromatic rings. The van der Waals surface area contributed by atoms with Crippen LogP contribution in [0, 0.1) is 6.92 Å². The number of allylic oxidation sites excluding steroid dienone is 1. The average Bonchev–Trinajstić information content (AvgIpc) is 3.11. The minimum absolute atomic E-state index is 0.00138. The first-order chi connectivity index (χ1) is 12.6. The predicted octanol–water partition coefficient (Wildman–Crippen LogP) is 4.53. The van der Waals surface area contributed by atoms with Crippen molar-refractivity contribution in [1.82, 2.24) is 15.5 Å². The molecule has 1 aromatic heterocycles. The molecule has 0 fully saturated rings. The SMILES string of the molecule is Cc1ccc(-c2nnc(SC(C)C(=O)NCCC3=CCCCC3)o2)cc1. The predicted molar refractivity (Wildman–Crippen MR) is 104 cm³/mol. The Hall–Kier alpha value is -2.08.